The Bertz CT molecular complexity index is 562. The fourth-order valence-electron chi connectivity index (χ4n) is 1.33. The maximum Gasteiger partial charge on any atom is 0.279 e. The molecule has 2 nitrogen and oxygen atoms in total. The summed E-state index contributed by atoms with van der Waals surface area (Å²) in [6, 6.07) is 8.03. The van der Waals surface area contributed by atoms with Crippen LogP contribution in [0.4, 0.5) is 8.78 Å². The van der Waals surface area contributed by atoms with E-state index in [-0.39, 0.29) is 10.3 Å². The van der Waals surface area contributed by atoms with E-state index in [1.165, 1.54) is 10.7 Å². The molecule has 0 aliphatic carbocycles. The smallest absolute Gasteiger partial charge is 0.279 e. The Morgan fingerprint density at radius 1 is 1.31 bits per heavy atom. The van der Waals surface area contributed by atoms with Gasteiger partial charge in [-0.05, 0) is 18.2 Å². The van der Waals surface area contributed by atoms with Crippen molar-refractivity contribution in [3.63, 3.8) is 0 Å². The average Bonchev–Trinajstić information content (AvgIpc) is 2.60. The van der Waals surface area contributed by atoms with Crippen LogP contribution < -0.4 is 0 Å². The van der Waals surface area contributed by atoms with E-state index in [1.54, 1.807) is 24.3 Å². The van der Waals surface area contributed by atoms with Crippen LogP contribution >= 0.6 is 23.8 Å². The maximum atomic E-state index is 12.4. The highest BCUT2D eigenvalue weighted by Crippen LogP contribution is 2.20. The summed E-state index contributed by atoms with van der Waals surface area (Å²) >= 11 is 10.8. The summed E-state index contributed by atoms with van der Waals surface area (Å²) in [5.74, 6) is 0. The highest BCUT2D eigenvalue weighted by molar-refractivity contribution is 7.71. The topological polar surface area (TPSA) is 20.7 Å². The van der Waals surface area contributed by atoms with Crippen LogP contribution in [0.3, 0.4) is 0 Å². The second kappa shape index (κ2) is 4.35. The molecule has 0 spiro atoms. The molecule has 84 valence electrons. The number of nitrogens with one attached hydrogen (secondary N) is 1. The van der Waals surface area contributed by atoms with Crippen molar-refractivity contribution in [2.45, 2.75) is 6.43 Å². The van der Waals surface area contributed by atoms with Crippen LogP contribution in [0.2, 0.25) is 5.02 Å². The lowest BCUT2D eigenvalue weighted by atomic mass is 10.3. The van der Waals surface area contributed by atoms with Crippen molar-refractivity contribution in [3.8, 4) is 5.69 Å². The lowest BCUT2D eigenvalue weighted by Gasteiger charge is -2.03. The Labute approximate surface area is 100 Å². The minimum absolute atomic E-state index is 0.204. The fourth-order valence-corrected chi connectivity index (χ4v) is 1.80. The average molecular weight is 261 g/mol. The van der Waals surface area contributed by atoms with Gasteiger partial charge in [-0.15, -0.1) is 0 Å². The van der Waals surface area contributed by atoms with E-state index >= 15 is 0 Å². The molecule has 2 aromatic rings. The van der Waals surface area contributed by atoms with Crippen molar-refractivity contribution in [2.24, 2.45) is 0 Å². The van der Waals surface area contributed by atoms with E-state index in [2.05, 4.69) is 5.10 Å². The lowest BCUT2D eigenvalue weighted by Crippen LogP contribution is -1.97. The van der Waals surface area contributed by atoms with E-state index < -0.39 is 6.43 Å². The molecule has 1 heterocycles. The number of rotatable bonds is 2. The SMILES string of the molecule is FC(F)c1cc(=S)n(-c2cccc(Cl)c2)[nH]1. The Hall–Kier alpha value is -1.20. The molecule has 1 aromatic heterocycles. The van der Waals surface area contributed by atoms with E-state index in [9.17, 15) is 8.78 Å². The van der Waals surface area contributed by atoms with Gasteiger partial charge in [0.25, 0.3) is 6.43 Å². The Kier molecular flexibility index (Phi) is 3.07. The Balaban J connectivity index is 2.52. The van der Waals surface area contributed by atoms with Gasteiger partial charge in [-0.25, -0.2) is 13.5 Å². The zero-order valence-corrected chi connectivity index (χ0v) is 9.53. The molecular formula is C10H7ClF2N2S. The molecule has 0 unspecified atom stereocenters. The zero-order valence-electron chi connectivity index (χ0n) is 7.95. The second-order valence-corrected chi connectivity index (χ2v) is 4.02. The second-order valence-electron chi connectivity index (χ2n) is 3.17. The predicted octanol–water partition coefficient (Wildman–Crippen LogP) is 4.13. The summed E-state index contributed by atoms with van der Waals surface area (Å²) in [5.41, 5.74) is 0.425. The minimum atomic E-state index is -2.57. The predicted molar refractivity (Wildman–Crippen MR) is 60.9 cm³/mol. The number of nitrogens with zero attached hydrogens (tertiary/aromatic N) is 1. The zero-order chi connectivity index (χ0) is 11.7. The molecule has 0 bridgehead atoms. The number of aromatic nitrogens is 2. The van der Waals surface area contributed by atoms with Crippen molar-refractivity contribution in [2.75, 3.05) is 0 Å². The Morgan fingerprint density at radius 2 is 2.06 bits per heavy atom. The first-order valence-electron chi connectivity index (χ1n) is 4.44. The van der Waals surface area contributed by atoms with Gasteiger partial charge in [-0.2, -0.15) is 0 Å². The molecule has 0 atom stereocenters. The summed E-state index contributed by atoms with van der Waals surface area (Å²) in [7, 11) is 0. The molecule has 0 saturated heterocycles. The standard InChI is InChI=1S/C10H7ClF2N2S/c11-6-2-1-3-7(4-6)15-9(16)5-8(14-15)10(12)13/h1-5,10,14H. The fraction of sp³-hybridized carbons (Fsp3) is 0.100. The number of H-pyrrole nitrogens is 1. The largest absolute Gasteiger partial charge is 0.291 e. The molecule has 2 rings (SSSR count). The highest BCUT2D eigenvalue weighted by atomic mass is 35.5. The number of hydrogen-bond acceptors (Lipinski definition) is 1. The maximum absolute atomic E-state index is 12.4. The van der Waals surface area contributed by atoms with Crippen LogP contribution in [0.5, 0.6) is 0 Å². The first-order valence-corrected chi connectivity index (χ1v) is 5.22. The van der Waals surface area contributed by atoms with Crippen molar-refractivity contribution < 1.29 is 8.78 Å². The van der Waals surface area contributed by atoms with Crippen molar-refractivity contribution in [1.29, 1.82) is 0 Å². The lowest BCUT2D eigenvalue weighted by molar-refractivity contribution is 0.145. The summed E-state index contributed by atoms with van der Waals surface area (Å²) in [6.07, 6.45) is -2.57. The van der Waals surface area contributed by atoms with Crippen LogP contribution in [0.15, 0.2) is 30.3 Å². The quantitative estimate of drug-likeness (QED) is 0.806. The van der Waals surface area contributed by atoms with Gasteiger partial charge in [0, 0.05) is 11.1 Å². The molecule has 1 N–H and O–H groups in total. The van der Waals surface area contributed by atoms with E-state index in [0.717, 1.165) is 0 Å². The van der Waals surface area contributed by atoms with Crippen molar-refractivity contribution in [3.05, 3.63) is 45.7 Å². The Morgan fingerprint density at radius 3 is 2.62 bits per heavy atom. The normalized spacial score (nSPS) is 11.0. The highest BCUT2D eigenvalue weighted by Gasteiger charge is 2.11. The molecule has 0 aliphatic heterocycles. The summed E-state index contributed by atoms with van der Waals surface area (Å²) < 4.78 is 26.6. The molecule has 1 aromatic carbocycles. The molecule has 16 heavy (non-hydrogen) atoms. The minimum Gasteiger partial charge on any atom is -0.291 e. The molecule has 6 heteroatoms. The van der Waals surface area contributed by atoms with Crippen molar-refractivity contribution in [1.82, 2.24) is 9.78 Å². The number of alkyl halides is 2. The van der Waals surface area contributed by atoms with E-state index in [1.807, 2.05) is 0 Å². The van der Waals surface area contributed by atoms with E-state index in [0.29, 0.717) is 10.7 Å². The molecule has 0 radical (unpaired) electrons. The summed E-state index contributed by atoms with van der Waals surface area (Å²) in [5, 5.41) is 3.05. The molecule has 0 aliphatic rings. The first-order chi connectivity index (χ1) is 7.58. The van der Waals surface area contributed by atoms with Crippen LogP contribution in [0, 0.1) is 4.64 Å². The van der Waals surface area contributed by atoms with Crippen LogP contribution in [0.25, 0.3) is 5.69 Å². The third kappa shape index (κ3) is 2.15. The van der Waals surface area contributed by atoms with Gasteiger partial charge in [-0.3, -0.25) is 5.10 Å². The number of benzene rings is 1. The first kappa shape index (κ1) is 11.3. The monoisotopic (exact) mass is 260 g/mol. The van der Waals surface area contributed by atoms with Crippen molar-refractivity contribution >= 4 is 23.8 Å². The van der Waals surface area contributed by atoms with Gasteiger partial charge < -0.3 is 0 Å². The molecule has 0 fully saturated rings. The number of hydrogen-bond donors (Lipinski definition) is 1. The van der Waals surface area contributed by atoms with Crippen LogP contribution in [0.1, 0.15) is 12.1 Å². The molecule has 0 saturated carbocycles. The van der Waals surface area contributed by atoms with Gasteiger partial charge in [-0.1, -0.05) is 29.9 Å². The number of aromatic amines is 1. The summed E-state index contributed by atoms with van der Waals surface area (Å²) in [4.78, 5) is 0. The number of halogens is 3. The third-order valence-electron chi connectivity index (χ3n) is 2.04. The van der Waals surface area contributed by atoms with Gasteiger partial charge in [0.1, 0.15) is 10.3 Å². The molecule has 0 amide bonds. The van der Waals surface area contributed by atoms with Gasteiger partial charge >= 0.3 is 0 Å². The van der Waals surface area contributed by atoms with Crippen LogP contribution in [-0.4, -0.2) is 9.78 Å². The van der Waals surface area contributed by atoms with E-state index in [4.69, 9.17) is 23.8 Å². The molecular weight excluding hydrogens is 254 g/mol. The van der Waals surface area contributed by atoms with Gasteiger partial charge in [0.2, 0.25) is 0 Å². The third-order valence-corrected chi connectivity index (χ3v) is 2.58. The van der Waals surface area contributed by atoms with Crippen LogP contribution in [-0.2, 0) is 0 Å². The summed E-state index contributed by atoms with van der Waals surface area (Å²) in [6.45, 7) is 0. The van der Waals surface area contributed by atoms with Gasteiger partial charge in [0.05, 0.1) is 5.69 Å². The van der Waals surface area contributed by atoms with Gasteiger partial charge in [0.15, 0.2) is 0 Å².